The average molecular weight is 440 g/mol. The minimum atomic E-state index is -0.379. The van der Waals surface area contributed by atoms with E-state index in [4.69, 9.17) is 11.6 Å². The van der Waals surface area contributed by atoms with E-state index in [1.54, 1.807) is 24.5 Å². The molecule has 0 saturated heterocycles. The first-order valence-corrected chi connectivity index (χ1v) is 10.6. The van der Waals surface area contributed by atoms with Crippen molar-refractivity contribution in [3.8, 4) is 0 Å². The van der Waals surface area contributed by atoms with Gasteiger partial charge in [0.1, 0.15) is 11.6 Å². The number of thioether (sulfide) groups is 1. The zero-order valence-electron chi connectivity index (χ0n) is 15.9. The predicted molar refractivity (Wildman–Crippen MR) is 117 cm³/mol. The molecular weight excluding hydrogens is 422 g/mol. The van der Waals surface area contributed by atoms with Gasteiger partial charge in [0, 0.05) is 29.7 Å². The second kappa shape index (κ2) is 9.15. The maximum absolute atomic E-state index is 12.6. The molecular formula is C21H18ClN5O2S. The van der Waals surface area contributed by atoms with Gasteiger partial charge in [0.2, 0.25) is 5.91 Å². The molecule has 0 aliphatic rings. The first kappa shape index (κ1) is 20.2. The van der Waals surface area contributed by atoms with Crippen LogP contribution in [0.4, 0.5) is 0 Å². The van der Waals surface area contributed by atoms with Crippen molar-refractivity contribution in [3.63, 3.8) is 0 Å². The third kappa shape index (κ3) is 4.72. The number of benzene rings is 2. The molecule has 7 nitrogen and oxygen atoms in total. The van der Waals surface area contributed by atoms with E-state index in [2.05, 4.69) is 15.4 Å². The average Bonchev–Trinajstić information content (AvgIpc) is 3.08. The van der Waals surface area contributed by atoms with Crippen LogP contribution in [0.5, 0.6) is 0 Å². The minimum absolute atomic E-state index is 0.170. The molecule has 30 heavy (non-hydrogen) atoms. The zero-order valence-corrected chi connectivity index (χ0v) is 17.4. The zero-order chi connectivity index (χ0) is 20.9. The lowest BCUT2D eigenvalue weighted by Gasteiger charge is -2.05. The summed E-state index contributed by atoms with van der Waals surface area (Å²) in [5, 5.41) is 8.40. The lowest BCUT2D eigenvalue weighted by molar-refractivity contribution is -0.122. The summed E-state index contributed by atoms with van der Waals surface area (Å²) in [5.41, 5.74) is 2.12. The molecule has 0 saturated carbocycles. The molecule has 2 aromatic carbocycles. The van der Waals surface area contributed by atoms with Gasteiger partial charge in [0.15, 0.2) is 5.65 Å². The summed E-state index contributed by atoms with van der Waals surface area (Å²) in [4.78, 5) is 29.3. The topological polar surface area (TPSA) is 81.3 Å². The van der Waals surface area contributed by atoms with Crippen molar-refractivity contribution in [2.75, 3.05) is 0 Å². The van der Waals surface area contributed by atoms with E-state index < -0.39 is 0 Å². The lowest BCUT2D eigenvalue weighted by Crippen LogP contribution is -2.32. The summed E-state index contributed by atoms with van der Waals surface area (Å²) in [6.07, 6.45) is 3.12. The van der Waals surface area contributed by atoms with E-state index in [0.717, 1.165) is 15.8 Å². The third-order valence-corrected chi connectivity index (χ3v) is 5.68. The largest absolute Gasteiger partial charge is 0.350 e. The van der Waals surface area contributed by atoms with Crippen molar-refractivity contribution in [2.24, 2.45) is 0 Å². The van der Waals surface area contributed by atoms with Crippen LogP contribution in [0, 0.1) is 0 Å². The van der Waals surface area contributed by atoms with E-state index >= 15 is 0 Å². The number of hydrogen-bond donors (Lipinski definition) is 1. The molecule has 2 heterocycles. The molecule has 0 atom stereocenters. The number of fused-ring (bicyclic) bond motifs is 1. The SMILES string of the molecule is O=C(Cn1nc2c(SCc3ccccc3)nccn2c1=O)NCc1ccc(Cl)cc1. The highest BCUT2D eigenvalue weighted by atomic mass is 35.5. The number of carbonyl (C=O) groups is 1. The second-order valence-electron chi connectivity index (χ2n) is 6.54. The molecule has 4 aromatic rings. The summed E-state index contributed by atoms with van der Waals surface area (Å²) < 4.78 is 2.56. The van der Waals surface area contributed by atoms with Crippen molar-refractivity contribution in [3.05, 3.63) is 93.6 Å². The number of aromatic nitrogens is 4. The minimum Gasteiger partial charge on any atom is -0.350 e. The van der Waals surface area contributed by atoms with Crippen LogP contribution in [-0.4, -0.2) is 25.1 Å². The molecule has 0 fully saturated rings. The lowest BCUT2D eigenvalue weighted by atomic mass is 10.2. The Bertz CT molecular complexity index is 1220. The Labute approximate surface area is 181 Å². The quantitative estimate of drug-likeness (QED) is 0.447. The van der Waals surface area contributed by atoms with Gasteiger partial charge < -0.3 is 5.32 Å². The molecule has 0 unspecified atom stereocenters. The molecule has 0 radical (unpaired) electrons. The Morgan fingerprint density at radius 2 is 1.83 bits per heavy atom. The molecule has 1 amide bonds. The molecule has 0 aliphatic heterocycles. The Kier molecular flexibility index (Phi) is 6.15. The van der Waals surface area contributed by atoms with Crippen LogP contribution in [0.15, 0.2) is 76.8 Å². The third-order valence-electron chi connectivity index (χ3n) is 4.38. The highest BCUT2D eigenvalue weighted by Gasteiger charge is 2.14. The van der Waals surface area contributed by atoms with Gasteiger partial charge in [-0.2, -0.15) is 0 Å². The number of nitrogens with zero attached hydrogens (tertiary/aromatic N) is 4. The maximum atomic E-state index is 12.6. The number of halogens is 1. The van der Waals surface area contributed by atoms with E-state index in [9.17, 15) is 9.59 Å². The maximum Gasteiger partial charge on any atom is 0.350 e. The molecule has 1 N–H and O–H groups in total. The molecule has 9 heteroatoms. The van der Waals surface area contributed by atoms with Crippen molar-refractivity contribution in [1.29, 1.82) is 0 Å². The van der Waals surface area contributed by atoms with Gasteiger partial charge in [-0.3, -0.25) is 4.79 Å². The standard InChI is InChI=1S/C21H18ClN5O2S/c22-17-8-6-15(7-9-17)12-24-18(28)13-27-21(29)26-11-10-23-20(19(26)25-27)30-14-16-4-2-1-3-5-16/h1-11H,12-14H2,(H,24,28). The van der Waals surface area contributed by atoms with E-state index in [1.807, 2.05) is 42.5 Å². The number of amides is 1. The number of rotatable bonds is 7. The molecule has 2 aromatic heterocycles. The Morgan fingerprint density at radius 3 is 2.60 bits per heavy atom. The van der Waals surface area contributed by atoms with Crippen molar-refractivity contribution >= 4 is 34.9 Å². The highest BCUT2D eigenvalue weighted by molar-refractivity contribution is 7.98. The van der Waals surface area contributed by atoms with Gasteiger partial charge in [0.05, 0.1) is 0 Å². The van der Waals surface area contributed by atoms with Gasteiger partial charge in [0.25, 0.3) is 0 Å². The molecule has 152 valence electrons. The van der Waals surface area contributed by atoms with Gasteiger partial charge in [-0.05, 0) is 23.3 Å². The van der Waals surface area contributed by atoms with Gasteiger partial charge in [-0.25, -0.2) is 18.9 Å². The summed E-state index contributed by atoms with van der Waals surface area (Å²) >= 11 is 7.36. The van der Waals surface area contributed by atoms with Crippen LogP contribution >= 0.6 is 23.4 Å². The molecule has 4 rings (SSSR count). The summed E-state index contributed by atoms with van der Waals surface area (Å²) in [6, 6.07) is 17.2. The van der Waals surface area contributed by atoms with Gasteiger partial charge in [-0.15, -0.1) is 5.10 Å². The monoisotopic (exact) mass is 439 g/mol. The summed E-state index contributed by atoms with van der Waals surface area (Å²) in [7, 11) is 0. The van der Waals surface area contributed by atoms with Crippen molar-refractivity contribution in [1.82, 2.24) is 24.5 Å². The fraction of sp³-hybridized carbons (Fsp3) is 0.143. The predicted octanol–water partition coefficient (Wildman–Crippen LogP) is 3.15. The number of carbonyl (C=O) groups excluding carboxylic acids is 1. The van der Waals surface area contributed by atoms with Gasteiger partial charge >= 0.3 is 5.69 Å². The smallest absolute Gasteiger partial charge is 0.350 e. The number of nitrogens with one attached hydrogen (secondary N) is 1. The fourth-order valence-electron chi connectivity index (χ4n) is 2.85. The Balaban J connectivity index is 1.46. The molecule has 0 bridgehead atoms. The molecule has 0 aliphatic carbocycles. The van der Waals surface area contributed by atoms with Crippen molar-refractivity contribution < 1.29 is 4.79 Å². The van der Waals surface area contributed by atoms with E-state index in [1.165, 1.54) is 16.2 Å². The Morgan fingerprint density at radius 1 is 1.07 bits per heavy atom. The van der Waals surface area contributed by atoms with Crippen LogP contribution in [0.1, 0.15) is 11.1 Å². The van der Waals surface area contributed by atoms with Crippen LogP contribution in [0.2, 0.25) is 5.02 Å². The normalized spacial score (nSPS) is 11.0. The first-order chi connectivity index (χ1) is 14.6. The second-order valence-corrected chi connectivity index (χ2v) is 7.94. The van der Waals surface area contributed by atoms with Crippen LogP contribution in [0.25, 0.3) is 5.65 Å². The van der Waals surface area contributed by atoms with Crippen LogP contribution in [-0.2, 0) is 23.6 Å². The van der Waals surface area contributed by atoms with E-state index in [0.29, 0.717) is 28.0 Å². The van der Waals surface area contributed by atoms with Gasteiger partial charge in [-0.1, -0.05) is 65.8 Å². The highest BCUT2D eigenvalue weighted by Crippen LogP contribution is 2.23. The van der Waals surface area contributed by atoms with Crippen LogP contribution in [0.3, 0.4) is 0 Å². The van der Waals surface area contributed by atoms with Crippen molar-refractivity contribution in [2.45, 2.75) is 23.9 Å². The number of hydrogen-bond acceptors (Lipinski definition) is 5. The summed E-state index contributed by atoms with van der Waals surface area (Å²) in [5.74, 6) is 0.401. The Hall–Kier alpha value is -3.10. The first-order valence-electron chi connectivity index (χ1n) is 9.22. The molecule has 0 spiro atoms. The fourth-order valence-corrected chi connectivity index (χ4v) is 3.88. The van der Waals surface area contributed by atoms with Crippen LogP contribution < -0.4 is 11.0 Å². The van der Waals surface area contributed by atoms with E-state index in [-0.39, 0.29) is 18.1 Å². The summed E-state index contributed by atoms with van der Waals surface area (Å²) in [6.45, 7) is 0.175.